The van der Waals surface area contributed by atoms with Crippen molar-refractivity contribution in [3.8, 4) is 11.5 Å². The molecule has 172 valence electrons. The van der Waals surface area contributed by atoms with Crippen molar-refractivity contribution in [2.24, 2.45) is 0 Å². The molecule has 1 heterocycles. The van der Waals surface area contributed by atoms with E-state index in [0.717, 1.165) is 17.7 Å². The van der Waals surface area contributed by atoms with Gasteiger partial charge in [0.2, 0.25) is 18.6 Å². The number of hydrogen-bond donors (Lipinski definition) is 2. The lowest BCUT2D eigenvalue weighted by Crippen LogP contribution is -2.45. The number of benzene rings is 2. The van der Waals surface area contributed by atoms with Gasteiger partial charge in [0, 0.05) is 12.2 Å². The Labute approximate surface area is 187 Å². The van der Waals surface area contributed by atoms with E-state index in [4.69, 9.17) is 21.1 Å². The number of fused-ring (bicyclic) bond motifs is 1. The molecule has 1 aliphatic rings. The first kappa shape index (κ1) is 23.7. The molecular weight excluding hydrogens is 451 g/mol. The van der Waals surface area contributed by atoms with Crippen molar-refractivity contribution in [2.75, 3.05) is 25.7 Å². The minimum atomic E-state index is -4.64. The average Bonchev–Trinajstić information content (AvgIpc) is 3.19. The van der Waals surface area contributed by atoms with E-state index in [1.165, 1.54) is 11.0 Å². The van der Waals surface area contributed by atoms with Gasteiger partial charge in [0.15, 0.2) is 11.5 Å². The van der Waals surface area contributed by atoms with Gasteiger partial charge >= 0.3 is 6.18 Å². The van der Waals surface area contributed by atoms with Crippen LogP contribution in [0.2, 0.25) is 5.02 Å². The van der Waals surface area contributed by atoms with Gasteiger partial charge in [-0.3, -0.25) is 14.5 Å². The Morgan fingerprint density at radius 3 is 2.59 bits per heavy atom. The molecule has 2 aromatic rings. The van der Waals surface area contributed by atoms with Crippen LogP contribution in [0, 0.1) is 0 Å². The molecule has 0 bridgehead atoms. The molecule has 2 aromatic carbocycles. The first-order chi connectivity index (χ1) is 15.0. The molecule has 0 saturated carbocycles. The van der Waals surface area contributed by atoms with Crippen LogP contribution in [-0.4, -0.2) is 43.1 Å². The first-order valence-electron chi connectivity index (χ1n) is 9.57. The second-order valence-corrected chi connectivity index (χ2v) is 7.64. The van der Waals surface area contributed by atoms with Crippen LogP contribution in [0.1, 0.15) is 18.1 Å². The van der Waals surface area contributed by atoms with Crippen molar-refractivity contribution in [3.05, 3.63) is 52.5 Å². The normalized spacial score (nSPS) is 13.7. The van der Waals surface area contributed by atoms with Gasteiger partial charge in [0.25, 0.3) is 0 Å². The lowest BCUT2D eigenvalue weighted by molar-refractivity contribution is -0.137. The number of ether oxygens (including phenoxy) is 2. The smallest absolute Gasteiger partial charge is 0.417 e. The monoisotopic (exact) mass is 471 g/mol. The Morgan fingerprint density at radius 1 is 1.16 bits per heavy atom. The molecule has 2 N–H and O–H groups in total. The summed E-state index contributed by atoms with van der Waals surface area (Å²) in [5.41, 5.74) is -0.264. The average molecular weight is 472 g/mol. The van der Waals surface area contributed by atoms with Gasteiger partial charge in [-0.15, -0.1) is 0 Å². The van der Waals surface area contributed by atoms with Gasteiger partial charge in [0.1, 0.15) is 0 Å². The Hall–Kier alpha value is -2.98. The number of amides is 2. The van der Waals surface area contributed by atoms with Crippen LogP contribution >= 0.6 is 11.6 Å². The van der Waals surface area contributed by atoms with Crippen molar-refractivity contribution in [2.45, 2.75) is 25.7 Å². The maximum Gasteiger partial charge on any atom is 0.417 e. The summed E-state index contributed by atoms with van der Waals surface area (Å²) in [6.07, 6.45) is -4.64. The minimum Gasteiger partial charge on any atom is -0.454 e. The number of nitrogens with zero attached hydrogens (tertiary/aromatic N) is 1. The molecule has 0 aliphatic carbocycles. The number of rotatable bonds is 7. The van der Waals surface area contributed by atoms with Crippen LogP contribution in [0.15, 0.2) is 36.4 Å². The quantitative estimate of drug-likeness (QED) is 0.644. The fraction of sp³-hybridized carbons (Fsp3) is 0.333. The number of nitrogens with one attached hydrogen (secondary N) is 2. The highest BCUT2D eigenvalue weighted by atomic mass is 35.5. The van der Waals surface area contributed by atoms with Gasteiger partial charge in [-0.25, -0.2) is 0 Å². The number of hydrogen-bond acceptors (Lipinski definition) is 5. The summed E-state index contributed by atoms with van der Waals surface area (Å²) in [7, 11) is 1.56. The van der Waals surface area contributed by atoms with Gasteiger partial charge in [-0.1, -0.05) is 17.7 Å². The first-order valence-corrected chi connectivity index (χ1v) is 9.95. The summed E-state index contributed by atoms with van der Waals surface area (Å²) < 4.78 is 49.4. The number of carbonyl (C=O) groups excluding carboxylic acids is 2. The van der Waals surface area contributed by atoms with Crippen molar-refractivity contribution in [1.82, 2.24) is 10.2 Å². The van der Waals surface area contributed by atoms with Gasteiger partial charge in [-0.2, -0.15) is 13.2 Å². The number of likely N-dealkylation sites (N-methyl/N-ethyl adjacent to an activating group) is 1. The summed E-state index contributed by atoms with van der Waals surface area (Å²) in [5.74, 6) is 0.360. The SMILES string of the molecule is CC(C(=O)NCc1ccc2c(c1)OCO2)N(C)CC(=O)Nc1ccc(Cl)c(C(F)(F)F)c1. The zero-order valence-electron chi connectivity index (χ0n) is 17.3. The second kappa shape index (κ2) is 9.66. The van der Waals surface area contributed by atoms with Crippen LogP contribution in [0.4, 0.5) is 18.9 Å². The highest BCUT2D eigenvalue weighted by Crippen LogP contribution is 2.36. The summed E-state index contributed by atoms with van der Waals surface area (Å²) in [6, 6.07) is 7.77. The number of anilines is 1. The predicted octanol–water partition coefficient (Wildman–Crippen LogP) is 3.66. The summed E-state index contributed by atoms with van der Waals surface area (Å²) >= 11 is 5.58. The second-order valence-electron chi connectivity index (χ2n) is 7.24. The molecule has 1 aliphatic heterocycles. The summed E-state index contributed by atoms with van der Waals surface area (Å²) in [4.78, 5) is 26.2. The predicted molar refractivity (Wildman–Crippen MR) is 112 cm³/mol. The largest absolute Gasteiger partial charge is 0.454 e. The van der Waals surface area contributed by atoms with E-state index >= 15 is 0 Å². The maximum absolute atomic E-state index is 13.0. The van der Waals surface area contributed by atoms with E-state index in [-0.39, 0.29) is 31.5 Å². The van der Waals surface area contributed by atoms with E-state index in [1.54, 1.807) is 32.2 Å². The molecule has 1 unspecified atom stereocenters. The Morgan fingerprint density at radius 2 is 1.88 bits per heavy atom. The molecule has 1 atom stereocenters. The lowest BCUT2D eigenvalue weighted by atomic mass is 10.2. The van der Waals surface area contributed by atoms with Gasteiger partial charge in [-0.05, 0) is 49.9 Å². The summed E-state index contributed by atoms with van der Waals surface area (Å²) in [6.45, 7) is 1.82. The molecule has 7 nitrogen and oxygen atoms in total. The van der Waals surface area contributed by atoms with Gasteiger partial charge < -0.3 is 20.1 Å². The maximum atomic E-state index is 13.0. The molecule has 0 spiro atoms. The fourth-order valence-corrected chi connectivity index (χ4v) is 3.20. The highest BCUT2D eigenvalue weighted by Gasteiger charge is 2.33. The van der Waals surface area contributed by atoms with E-state index in [0.29, 0.717) is 11.5 Å². The molecule has 2 amide bonds. The topological polar surface area (TPSA) is 79.9 Å². The third kappa shape index (κ3) is 5.83. The Kier molecular flexibility index (Phi) is 7.15. The van der Waals surface area contributed by atoms with E-state index in [2.05, 4.69) is 10.6 Å². The van der Waals surface area contributed by atoms with Crippen molar-refractivity contribution >= 4 is 29.1 Å². The van der Waals surface area contributed by atoms with Crippen molar-refractivity contribution in [1.29, 1.82) is 0 Å². The van der Waals surface area contributed by atoms with Crippen LogP contribution in [0.5, 0.6) is 11.5 Å². The molecular formula is C21H21ClF3N3O4. The minimum absolute atomic E-state index is 0.0416. The zero-order valence-corrected chi connectivity index (χ0v) is 18.0. The molecule has 11 heteroatoms. The molecule has 3 rings (SSSR count). The van der Waals surface area contributed by atoms with Crippen LogP contribution in [0.25, 0.3) is 0 Å². The summed E-state index contributed by atoms with van der Waals surface area (Å²) in [5, 5.41) is 4.71. The number of halogens is 4. The van der Waals surface area contributed by atoms with E-state index in [9.17, 15) is 22.8 Å². The van der Waals surface area contributed by atoms with Crippen LogP contribution < -0.4 is 20.1 Å². The third-order valence-electron chi connectivity index (χ3n) is 4.89. The Bertz CT molecular complexity index is 1020. The van der Waals surface area contributed by atoms with Crippen LogP contribution in [-0.2, 0) is 22.3 Å². The Balaban J connectivity index is 1.51. The molecule has 0 saturated heterocycles. The number of carbonyl (C=O) groups is 2. The lowest BCUT2D eigenvalue weighted by Gasteiger charge is -2.23. The molecule has 32 heavy (non-hydrogen) atoms. The van der Waals surface area contributed by atoms with Crippen molar-refractivity contribution < 1.29 is 32.2 Å². The molecule has 0 aromatic heterocycles. The zero-order chi connectivity index (χ0) is 23.5. The molecule has 0 fully saturated rings. The number of alkyl halides is 3. The van der Waals surface area contributed by atoms with Gasteiger partial charge in [0.05, 0.1) is 23.2 Å². The fourth-order valence-electron chi connectivity index (χ4n) is 2.97. The molecule has 0 radical (unpaired) electrons. The standard InChI is InChI=1S/C21H21ClF3N3O4/c1-12(20(30)26-9-13-3-6-17-18(7-13)32-11-31-17)28(2)10-19(29)27-14-4-5-16(22)15(8-14)21(23,24)25/h3-8,12H,9-11H2,1-2H3,(H,26,30)(H,27,29). The van der Waals surface area contributed by atoms with Crippen molar-refractivity contribution in [3.63, 3.8) is 0 Å². The third-order valence-corrected chi connectivity index (χ3v) is 5.22. The van der Waals surface area contributed by atoms with Crippen LogP contribution in [0.3, 0.4) is 0 Å². The van der Waals surface area contributed by atoms with E-state index < -0.39 is 28.7 Å². The highest BCUT2D eigenvalue weighted by molar-refractivity contribution is 6.31. The van der Waals surface area contributed by atoms with E-state index in [1.807, 2.05) is 0 Å².